The van der Waals surface area contributed by atoms with E-state index in [9.17, 15) is 9.59 Å². The highest BCUT2D eigenvalue weighted by Gasteiger charge is 2.15. The Balaban J connectivity index is 1.45. The summed E-state index contributed by atoms with van der Waals surface area (Å²) >= 11 is 0. The summed E-state index contributed by atoms with van der Waals surface area (Å²) in [5, 5.41) is 6.03. The van der Waals surface area contributed by atoms with Crippen LogP contribution in [0, 0.1) is 6.92 Å². The van der Waals surface area contributed by atoms with Crippen LogP contribution in [-0.2, 0) is 11.8 Å². The Morgan fingerprint density at radius 3 is 2.52 bits per heavy atom. The first-order valence-electron chi connectivity index (χ1n) is 10.0. The van der Waals surface area contributed by atoms with Gasteiger partial charge in [0.1, 0.15) is 11.4 Å². The van der Waals surface area contributed by atoms with Crippen molar-refractivity contribution < 1.29 is 9.53 Å². The number of carbonyl (C=O) groups is 1. The number of benzene rings is 1. The molecule has 2 N–H and O–H groups in total. The fourth-order valence-electron chi connectivity index (χ4n) is 3.28. The third-order valence-corrected chi connectivity index (χ3v) is 4.92. The number of aryl methyl sites for hydroxylation is 2. The van der Waals surface area contributed by atoms with Crippen molar-refractivity contribution in [2.75, 3.05) is 41.8 Å². The zero-order valence-corrected chi connectivity index (χ0v) is 17.5. The monoisotopic (exact) mass is 420 g/mol. The van der Waals surface area contributed by atoms with Crippen LogP contribution in [0.4, 0.5) is 23.1 Å². The van der Waals surface area contributed by atoms with Crippen LogP contribution in [0.25, 0.3) is 0 Å². The predicted molar refractivity (Wildman–Crippen MR) is 119 cm³/mol. The number of anilines is 4. The van der Waals surface area contributed by atoms with Crippen LogP contribution in [-0.4, -0.2) is 46.7 Å². The zero-order chi connectivity index (χ0) is 21.8. The Kier molecular flexibility index (Phi) is 5.94. The maximum Gasteiger partial charge on any atom is 0.263 e. The lowest BCUT2D eigenvalue weighted by atomic mass is 10.2. The molecule has 0 aliphatic carbocycles. The van der Waals surface area contributed by atoms with E-state index in [4.69, 9.17) is 4.74 Å². The maximum atomic E-state index is 12.4. The summed E-state index contributed by atoms with van der Waals surface area (Å²) in [6.45, 7) is 4.80. The molecule has 0 saturated carbocycles. The van der Waals surface area contributed by atoms with Crippen molar-refractivity contribution in [3.63, 3.8) is 0 Å². The van der Waals surface area contributed by atoms with E-state index in [1.165, 1.54) is 10.6 Å². The lowest BCUT2D eigenvalue weighted by Crippen LogP contribution is -2.37. The van der Waals surface area contributed by atoms with Gasteiger partial charge in [-0.25, -0.2) is 4.98 Å². The fourth-order valence-corrected chi connectivity index (χ4v) is 3.28. The smallest absolute Gasteiger partial charge is 0.263 e. The second-order valence-electron chi connectivity index (χ2n) is 7.29. The normalized spacial score (nSPS) is 13.7. The molecular weight excluding hydrogens is 396 g/mol. The van der Waals surface area contributed by atoms with E-state index in [2.05, 4.69) is 25.5 Å². The molecule has 1 aliphatic heterocycles. The first kappa shape index (κ1) is 20.5. The molecular formula is C22H24N6O3. The van der Waals surface area contributed by atoms with Gasteiger partial charge in [0.2, 0.25) is 5.95 Å². The van der Waals surface area contributed by atoms with Crippen LogP contribution < -0.4 is 21.1 Å². The van der Waals surface area contributed by atoms with Crippen molar-refractivity contribution in [3.8, 4) is 0 Å². The first-order chi connectivity index (χ1) is 15.0. The number of amides is 1. The van der Waals surface area contributed by atoms with Crippen LogP contribution >= 0.6 is 0 Å². The largest absolute Gasteiger partial charge is 0.378 e. The van der Waals surface area contributed by atoms with Gasteiger partial charge in [0.25, 0.3) is 11.5 Å². The van der Waals surface area contributed by atoms with E-state index in [0.717, 1.165) is 24.5 Å². The van der Waals surface area contributed by atoms with Crippen LogP contribution in [0.1, 0.15) is 16.1 Å². The molecule has 9 nitrogen and oxygen atoms in total. The number of nitrogens with one attached hydrogen (secondary N) is 2. The van der Waals surface area contributed by atoms with E-state index in [1.54, 1.807) is 31.4 Å². The summed E-state index contributed by atoms with van der Waals surface area (Å²) in [5.41, 5.74) is 2.04. The van der Waals surface area contributed by atoms with E-state index in [-0.39, 0.29) is 11.1 Å². The molecule has 1 aromatic carbocycles. The number of carbonyl (C=O) groups excluding carboxylic acids is 1. The highest BCUT2D eigenvalue weighted by molar-refractivity contribution is 6.04. The molecule has 0 bridgehead atoms. The summed E-state index contributed by atoms with van der Waals surface area (Å²) in [7, 11) is 1.61. The van der Waals surface area contributed by atoms with Crippen molar-refractivity contribution in [1.29, 1.82) is 0 Å². The topological polar surface area (TPSA) is 101 Å². The van der Waals surface area contributed by atoms with Gasteiger partial charge in [-0.1, -0.05) is 0 Å². The highest BCUT2D eigenvalue weighted by Crippen LogP contribution is 2.21. The maximum absolute atomic E-state index is 12.4. The van der Waals surface area contributed by atoms with E-state index in [0.29, 0.717) is 30.7 Å². The van der Waals surface area contributed by atoms with Crippen LogP contribution in [0.3, 0.4) is 0 Å². The van der Waals surface area contributed by atoms with Gasteiger partial charge in [-0.2, -0.15) is 4.98 Å². The number of rotatable bonds is 5. The van der Waals surface area contributed by atoms with Gasteiger partial charge in [0, 0.05) is 49.5 Å². The average molecular weight is 420 g/mol. The molecule has 1 amide bonds. The molecule has 3 aromatic rings. The number of aromatic nitrogens is 3. The van der Waals surface area contributed by atoms with Gasteiger partial charge in [-0.05, 0) is 43.3 Å². The van der Waals surface area contributed by atoms with Crippen molar-refractivity contribution >= 4 is 29.0 Å². The van der Waals surface area contributed by atoms with Crippen molar-refractivity contribution in [2.24, 2.45) is 7.05 Å². The number of nitrogens with zero attached hydrogens (tertiary/aromatic N) is 4. The van der Waals surface area contributed by atoms with Crippen molar-refractivity contribution in [2.45, 2.75) is 6.92 Å². The zero-order valence-electron chi connectivity index (χ0n) is 17.5. The average Bonchev–Trinajstić information content (AvgIpc) is 2.77. The SMILES string of the molecule is Cc1cc(Nc2ccc(NC(=O)c3cccn(C)c3=O)cc2)nc(N2CCOCC2)n1. The quantitative estimate of drug-likeness (QED) is 0.653. The van der Waals surface area contributed by atoms with Gasteiger partial charge < -0.3 is 24.8 Å². The minimum absolute atomic E-state index is 0.0966. The lowest BCUT2D eigenvalue weighted by Gasteiger charge is -2.27. The van der Waals surface area contributed by atoms with Gasteiger partial charge in [-0.15, -0.1) is 0 Å². The summed E-state index contributed by atoms with van der Waals surface area (Å²) in [5.74, 6) is 0.932. The summed E-state index contributed by atoms with van der Waals surface area (Å²) < 4.78 is 6.77. The number of pyridine rings is 1. The molecule has 31 heavy (non-hydrogen) atoms. The second-order valence-corrected chi connectivity index (χ2v) is 7.29. The molecule has 0 atom stereocenters. The predicted octanol–water partition coefficient (Wildman–Crippen LogP) is 2.32. The number of ether oxygens (including phenoxy) is 1. The fraction of sp³-hybridized carbons (Fsp3) is 0.273. The standard InChI is InChI=1S/C22H24N6O3/c1-15-14-19(26-22(23-15)28-10-12-31-13-11-28)24-16-5-7-17(8-6-16)25-20(29)18-4-3-9-27(2)21(18)30/h3-9,14H,10-13H2,1-2H3,(H,25,29)(H,23,24,26). The number of hydrogen-bond donors (Lipinski definition) is 2. The first-order valence-corrected chi connectivity index (χ1v) is 10.0. The number of hydrogen-bond acceptors (Lipinski definition) is 7. The Morgan fingerprint density at radius 2 is 1.77 bits per heavy atom. The van der Waals surface area contributed by atoms with Crippen LogP contribution in [0.2, 0.25) is 0 Å². The molecule has 1 aliphatic rings. The summed E-state index contributed by atoms with van der Waals surface area (Å²) in [6.07, 6.45) is 1.61. The second kappa shape index (κ2) is 8.97. The van der Waals surface area contributed by atoms with Gasteiger partial charge in [0.05, 0.1) is 13.2 Å². The molecule has 1 saturated heterocycles. The van der Waals surface area contributed by atoms with Crippen LogP contribution in [0.5, 0.6) is 0 Å². The Morgan fingerprint density at radius 1 is 1.06 bits per heavy atom. The lowest BCUT2D eigenvalue weighted by molar-refractivity contribution is 0.102. The van der Waals surface area contributed by atoms with Gasteiger partial charge in [-0.3, -0.25) is 9.59 Å². The minimum Gasteiger partial charge on any atom is -0.378 e. The molecule has 9 heteroatoms. The van der Waals surface area contributed by atoms with Gasteiger partial charge >= 0.3 is 0 Å². The Bertz CT molecular complexity index is 1140. The molecule has 3 heterocycles. The van der Waals surface area contributed by atoms with E-state index < -0.39 is 5.91 Å². The molecule has 0 radical (unpaired) electrons. The Hall–Kier alpha value is -3.72. The molecule has 4 rings (SSSR count). The van der Waals surface area contributed by atoms with Gasteiger partial charge in [0.15, 0.2) is 0 Å². The molecule has 0 unspecified atom stereocenters. The highest BCUT2D eigenvalue weighted by atomic mass is 16.5. The third kappa shape index (κ3) is 4.89. The molecule has 1 fully saturated rings. The van der Waals surface area contributed by atoms with E-state index in [1.807, 2.05) is 25.1 Å². The number of morpholine rings is 1. The third-order valence-electron chi connectivity index (χ3n) is 4.92. The summed E-state index contributed by atoms with van der Waals surface area (Å²) in [4.78, 5) is 35.8. The Labute approximate surface area is 179 Å². The van der Waals surface area contributed by atoms with Crippen molar-refractivity contribution in [3.05, 3.63) is 70.3 Å². The molecule has 2 aromatic heterocycles. The van der Waals surface area contributed by atoms with Crippen LogP contribution in [0.15, 0.2) is 53.5 Å². The van der Waals surface area contributed by atoms with Crippen molar-refractivity contribution in [1.82, 2.24) is 14.5 Å². The molecule has 160 valence electrons. The van der Waals surface area contributed by atoms with E-state index >= 15 is 0 Å². The minimum atomic E-state index is -0.441. The summed E-state index contributed by atoms with van der Waals surface area (Å²) in [6, 6.07) is 12.3. The molecule has 0 spiro atoms.